The number of halogens is 1. The van der Waals surface area contributed by atoms with Crippen molar-refractivity contribution >= 4 is 34.9 Å². The molecule has 130 valence electrons. The minimum atomic E-state index is -1.24. The lowest BCUT2D eigenvalue weighted by Gasteiger charge is -2.13. The summed E-state index contributed by atoms with van der Waals surface area (Å²) in [5.41, 5.74) is 0.838. The van der Waals surface area contributed by atoms with Gasteiger partial charge in [0, 0.05) is 38.4 Å². The fourth-order valence-electron chi connectivity index (χ4n) is 2.13. The molecule has 0 unspecified atom stereocenters. The normalized spacial score (nSPS) is 10.8. The summed E-state index contributed by atoms with van der Waals surface area (Å²) in [4.78, 5) is 26.4. The summed E-state index contributed by atoms with van der Waals surface area (Å²) in [6.45, 7) is 2.77. The molecule has 3 aromatic heterocycles. The van der Waals surface area contributed by atoms with Crippen LogP contribution in [0.25, 0.3) is 22.1 Å². The highest BCUT2D eigenvalue weighted by Gasteiger charge is 2.19. The van der Waals surface area contributed by atoms with Gasteiger partial charge in [0.25, 0.3) is 0 Å². The van der Waals surface area contributed by atoms with E-state index in [1.165, 1.54) is 11.3 Å². The highest BCUT2D eigenvalue weighted by molar-refractivity contribution is 7.19. The van der Waals surface area contributed by atoms with E-state index in [0.717, 1.165) is 6.54 Å². The van der Waals surface area contributed by atoms with Gasteiger partial charge < -0.3 is 19.2 Å². The Morgan fingerprint density at radius 1 is 1.36 bits per heavy atom. The Bertz CT molecular complexity index is 891. The third kappa shape index (κ3) is 3.80. The molecule has 0 N–H and O–H groups in total. The molecule has 0 spiro atoms. The minimum absolute atomic E-state index is 0.251. The van der Waals surface area contributed by atoms with E-state index in [-0.39, 0.29) is 18.0 Å². The number of aliphatic carboxylic acids is 1. The van der Waals surface area contributed by atoms with Crippen molar-refractivity contribution in [2.24, 2.45) is 0 Å². The highest BCUT2D eigenvalue weighted by Crippen LogP contribution is 2.36. The Kier molecular flexibility index (Phi) is 5.00. The second-order valence-corrected chi connectivity index (χ2v) is 6.95. The summed E-state index contributed by atoms with van der Waals surface area (Å²) in [5, 5.41) is 11.0. The highest BCUT2D eigenvalue weighted by atomic mass is 35.5. The first-order valence-corrected chi connectivity index (χ1v) is 8.66. The molecule has 0 fully saturated rings. The molecule has 0 aliphatic heterocycles. The van der Waals surface area contributed by atoms with Crippen molar-refractivity contribution in [3.05, 3.63) is 34.6 Å². The summed E-state index contributed by atoms with van der Waals surface area (Å²) in [7, 11) is 1.89. The van der Waals surface area contributed by atoms with Crippen molar-refractivity contribution in [3.63, 3.8) is 0 Å². The third-order valence-corrected chi connectivity index (χ3v) is 4.74. The molecule has 3 rings (SSSR count). The first-order chi connectivity index (χ1) is 12.0. The summed E-state index contributed by atoms with van der Waals surface area (Å²) in [5.74, 6) is -0.0368. The van der Waals surface area contributed by atoms with Crippen molar-refractivity contribution in [2.75, 3.05) is 18.5 Å². The number of carboxylic acid groups (broad SMARTS) is 1. The number of oxazole rings is 1. The molecule has 0 radical (unpaired) electrons. The number of nitrogens with zero attached hydrogens (tertiary/aromatic N) is 4. The van der Waals surface area contributed by atoms with Gasteiger partial charge in [-0.25, -0.2) is 15.0 Å². The van der Waals surface area contributed by atoms with E-state index in [1.54, 1.807) is 24.5 Å². The molecule has 3 heterocycles. The third-order valence-electron chi connectivity index (χ3n) is 3.51. The topological polar surface area (TPSA) is 95.2 Å². The van der Waals surface area contributed by atoms with Gasteiger partial charge in [0.2, 0.25) is 11.8 Å². The molecule has 0 aliphatic rings. The predicted molar refractivity (Wildman–Crippen MR) is 93.5 cm³/mol. The zero-order valence-electron chi connectivity index (χ0n) is 13.5. The van der Waals surface area contributed by atoms with Crippen LogP contribution < -0.4 is 10.0 Å². The van der Waals surface area contributed by atoms with Crippen LogP contribution in [-0.2, 0) is 11.2 Å². The van der Waals surface area contributed by atoms with E-state index < -0.39 is 5.97 Å². The molecule has 0 amide bonds. The Morgan fingerprint density at radius 2 is 2.08 bits per heavy atom. The number of rotatable bonds is 6. The number of hydrogen-bond donors (Lipinski definition) is 0. The van der Waals surface area contributed by atoms with Crippen LogP contribution in [0.15, 0.2) is 28.9 Å². The van der Waals surface area contributed by atoms with Gasteiger partial charge in [-0.2, -0.15) is 0 Å². The second kappa shape index (κ2) is 7.20. The number of aromatic nitrogens is 3. The molecule has 0 aromatic carbocycles. The average molecular weight is 378 g/mol. The SMILES string of the molecule is CCN(C)c1ncc(-c2nc(CC(=O)[O-])c(-c3ccc(Cl)s3)o2)cn1. The maximum atomic E-state index is 11.0. The number of carboxylic acids is 1. The maximum absolute atomic E-state index is 11.0. The fourth-order valence-corrected chi connectivity index (χ4v) is 3.18. The van der Waals surface area contributed by atoms with Crippen LogP contribution in [0.3, 0.4) is 0 Å². The zero-order chi connectivity index (χ0) is 18.0. The monoisotopic (exact) mass is 377 g/mol. The van der Waals surface area contributed by atoms with Crippen LogP contribution in [0.5, 0.6) is 0 Å². The number of hydrogen-bond acceptors (Lipinski definition) is 8. The van der Waals surface area contributed by atoms with E-state index >= 15 is 0 Å². The van der Waals surface area contributed by atoms with E-state index in [0.29, 0.717) is 26.5 Å². The molecule has 0 saturated heterocycles. The summed E-state index contributed by atoms with van der Waals surface area (Å²) in [6, 6.07) is 3.47. The fraction of sp³-hybridized carbons (Fsp3) is 0.250. The molecule has 25 heavy (non-hydrogen) atoms. The molecular weight excluding hydrogens is 364 g/mol. The molecule has 0 aliphatic carbocycles. The van der Waals surface area contributed by atoms with Crippen molar-refractivity contribution in [2.45, 2.75) is 13.3 Å². The Balaban J connectivity index is 1.99. The number of carbonyl (C=O) groups excluding carboxylic acids is 1. The van der Waals surface area contributed by atoms with Gasteiger partial charge in [-0.05, 0) is 19.1 Å². The zero-order valence-corrected chi connectivity index (χ0v) is 15.1. The summed E-state index contributed by atoms with van der Waals surface area (Å²) in [6.07, 6.45) is 2.83. The molecule has 3 aromatic rings. The van der Waals surface area contributed by atoms with Crippen molar-refractivity contribution in [1.82, 2.24) is 15.0 Å². The van der Waals surface area contributed by atoms with Crippen LogP contribution in [0.4, 0.5) is 5.95 Å². The first kappa shape index (κ1) is 17.4. The quantitative estimate of drug-likeness (QED) is 0.650. The molecule has 7 nitrogen and oxygen atoms in total. The lowest BCUT2D eigenvalue weighted by atomic mass is 10.2. The molecule has 0 atom stereocenters. The van der Waals surface area contributed by atoms with Crippen LogP contribution >= 0.6 is 22.9 Å². The van der Waals surface area contributed by atoms with E-state index in [1.807, 2.05) is 18.9 Å². The van der Waals surface area contributed by atoms with Gasteiger partial charge in [0.05, 0.1) is 20.5 Å². The van der Waals surface area contributed by atoms with Crippen molar-refractivity contribution in [1.29, 1.82) is 0 Å². The smallest absolute Gasteiger partial charge is 0.230 e. The van der Waals surface area contributed by atoms with Crippen LogP contribution in [-0.4, -0.2) is 34.5 Å². The average Bonchev–Trinajstić information content (AvgIpc) is 3.20. The van der Waals surface area contributed by atoms with Gasteiger partial charge in [0.15, 0.2) is 5.76 Å². The Labute approximate surface area is 152 Å². The van der Waals surface area contributed by atoms with Crippen LogP contribution in [0.1, 0.15) is 12.6 Å². The second-order valence-electron chi connectivity index (χ2n) is 5.23. The summed E-state index contributed by atoms with van der Waals surface area (Å²) >= 11 is 7.24. The van der Waals surface area contributed by atoms with Gasteiger partial charge in [-0.3, -0.25) is 0 Å². The lowest BCUT2D eigenvalue weighted by Crippen LogP contribution is -2.24. The number of carbonyl (C=O) groups is 1. The minimum Gasteiger partial charge on any atom is -0.550 e. The molecule has 0 saturated carbocycles. The van der Waals surface area contributed by atoms with E-state index in [2.05, 4.69) is 15.0 Å². The Hall–Kier alpha value is -2.45. The van der Waals surface area contributed by atoms with Gasteiger partial charge >= 0.3 is 0 Å². The van der Waals surface area contributed by atoms with E-state index in [4.69, 9.17) is 16.0 Å². The number of anilines is 1. The largest absolute Gasteiger partial charge is 0.550 e. The lowest BCUT2D eigenvalue weighted by molar-refractivity contribution is -0.304. The van der Waals surface area contributed by atoms with Crippen LogP contribution in [0, 0.1) is 0 Å². The van der Waals surface area contributed by atoms with Gasteiger partial charge in [-0.15, -0.1) is 11.3 Å². The molecule has 9 heteroatoms. The first-order valence-electron chi connectivity index (χ1n) is 7.46. The maximum Gasteiger partial charge on any atom is 0.230 e. The molecule has 0 bridgehead atoms. The van der Waals surface area contributed by atoms with Gasteiger partial charge in [-0.1, -0.05) is 11.6 Å². The van der Waals surface area contributed by atoms with Crippen LogP contribution in [0.2, 0.25) is 4.34 Å². The van der Waals surface area contributed by atoms with Crippen molar-refractivity contribution < 1.29 is 14.3 Å². The Morgan fingerprint density at radius 3 is 2.64 bits per heavy atom. The van der Waals surface area contributed by atoms with E-state index in [9.17, 15) is 9.90 Å². The number of thiophene rings is 1. The molecular formula is C16H14ClN4O3S-. The van der Waals surface area contributed by atoms with Crippen molar-refractivity contribution in [3.8, 4) is 22.1 Å². The summed E-state index contributed by atoms with van der Waals surface area (Å²) < 4.78 is 6.36. The standard InChI is InChI=1S/C16H15ClN4O3S/c1-3-21(2)16-18-7-9(8-19-16)15-20-10(6-13(22)23)14(24-15)11-4-5-12(17)25-11/h4-5,7-8H,3,6H2,1-2H3,(H,22,23)/p-1. The van der Waals surface area contributed by atoms with Gasteiger partial charge in [0.1, 0.15) is 0 Å². The predicted octanol–water partition coefficient (Wildman–Crippen LogP) is 2.26.